The van der Waals surface area contributed by atoms with Crippen LogP contribution in [0.15, 0.2) is 84.1 Å². The molecule has 0 spiro atoms. The maximum absolute atomic E-state index is 13.0. The number of amides is 2. The van der Waals surface area contributed by atoms with Gasteiger partial charge in [-0.15, -0.1) is 0 Å². The van der Waals surface area contributed by atoms with Crippen LogP contribution >= 0.6 is 11.6 Å². The van der Waals surface area contributed by atoms with Gasteiger partial charge in [0.1, 0.15) is 13.2 Å². The summed E-state index contributed by atoms with van der Waals surface area (Å²) in [5, 5.41) is 6.12. The van der Waals surface area contributed by atoms with Crippen LogP contribution < -0.4 is 20.1 Å². The lowest BCUT2D eigenvalue weighted by molar-refractivity contribution is -0.140. The first-order valence-electron chi connectivity index (χ1n) is 11.0. The molecule has 1 unspecified atom stereocenters. The number of esters is 1. The number of hydrogen-bond donors (Lipinski definition) is 2. The van der Waals surface area contributed by atoms with Gasteiger partial charge in [-0.05, 0) is 47.9 Å². The fourth-order valence-electron chi connectivity index (χ4n) is 3.74. The Morgan fingerprint density at radius 2 is 1.66 bits per heavy atom. The molecule has 0 saturated carbocycles. The number of rotatable bonds is 8. The van der Waals surface area contributed by atoms with Gasteiger partial charge in [-0.1, -0.05) is 60.1 Å². The number of urea groups is 1. The van der Waals surface area contributed by atoms with Crippen LogP contribution in [0.1, 0.15) is 29.7 Å². The van der Waals surface area contributed by atoms with Crippen LogP contribution in [0.5, 0.6) is 11.5 Å². The highest BCUT2D eigenvalue weighted by Crippen LogP contribution is 2.35. The Hall–Kier alpha value is -3.97. The smallest absolute Gasteiger partial charge is 0.338 e. The van der Waals surface area contributed by atoms with Crippen molar-refractivity contribution in [1.29, 1.82) is 0 Å². The zero-order valence-electron chi connectivity index (χ0n) is 19.3. The minimum atomic E-state index is -0.716. The maximum Gasteiger partial charge on any atom is 0.338 e. The predicted molar refractivity (Wildman–Crippen MR) is 132 cm³/mol. The first-order valence-corrected chi connectivity index (χ1v) is 11.4. The van der Waals surface area contributed by atoms with Gasteiger partial charge in [-0.3, -0.25) is 0 Å². The average Bonchev–Trinajstić information content (AvgIpc) is 2.87. The fraction of sp³-hybridized carbons (Fsp3) is 0.185. The molecule has 0 saturated heterocycles. The quantitative estimate of drug-likeness (QED) is 0.417. The number of carbonyl (C=O) groups is 2. The van der Waals surface area contributed by atoms with Crippen molar-refractivity contribution in [3.8, 4) is 11.5 Å². The summed E-state index contributed by atoms with van der Waals surface area (Å²) < 4.78 is 17.0. The Morgan fingerprint density at radius 1 is 0.943 bits per heavy atom. The molecule has 4 rings (SSSR count). The third kappa shape index (κ3) is 5.94. The monoisotopic (exact) mass is 492 g/mol. The molecule has 0 aliphatic carbocycles. The van der Waals surface area contributed by atoms with Crippen molar-refractivity contribution in [2.24, 2.45) is 0 Å². The molecule has 2 amide bonds. The largest absolute Gasteiger partial charge is 0.493 e. The number of hydrogen-bond acceptors (Lipinski definition) is 5. The summed E-state index contributed by atoms with van der Waals surface area (Å²) in [4.78, 5) is 25.3. The Bertz CT molecular complexity index is 1240. The molecule has 0 radical (unpaired) electrons. The molecule has 8 heteroatoms. The van der Waals surface area contributed by atoms with Gasteiger partial charge in [0, 0.05) is 10.7 Å². The van der Waals surface area contributed by atoms with E-state index in [0.717, 1.165) is 11.1 Å². The molecule has 3 aromatic rings. The number of methoxy groups -OCH3 is 1. The summed E-state index contributed by atoms with van der Waals surface area (Å²) in [6.45, 7) is 2.12. The molecule has 0 aromatic heterocycles. The molecule has 35 heavy (non-hydrogen) atoms. The van der Waals surface area contributed by atoms with Gasteiger partial charge in [0.05, 0.1) is 18.7 Å². The third-order valence-electron chi connectivity index (χ3n) is 5.53. The third-order valence-corrected chi connectivity index (χ3v) is 5.78. The first kappa shape index (κ1) is 24.2. The second-order valence-electron chi connectivity index (χ2n) is 7.96. The normalized spacial score (nSPS) is 15.2. The minimum absolute atomic E-state index is 0.123. The van der Waals surface area contributed by atoms with E-state index in [1.165, 1.54) is 7.11 Å². The second kappa shape index (κ2) is 11.0. The van der Waals surface area contributed by atoms with Crippen LogP contribution in [0.4, 0.5) is 4.79 Å². The molecule has 0 fully saturated rings. The second-order valence-corrected chi connectivity index (χ2v) is 8.39. The van der Waals surface area contributed by atoms with Crippen LogP contribution in [0.2, 0.25) is 5.02 Å². The molecule has 7 nitrogen and oxygen atoms in total. The molecular formula is C27H25ClN2O5. The lowest BCUT2D eigenvalue weighted by Gasteiger charge is -2.28. The molecule has 1 atom stereocenters. The highest BCUT2D eigenvalue weighted by molar-refractivity contribution is 6.30. The van der Waals surface area contributed by atoms with Crippen molar-refractivity contribution in [3.05, 3.63) is 106 Å². The summed E-state index contributed by atoms with van der Waals surface area (Å²) >= 11 is 5.94. The van der Waals surface area contributed by atoms with Gasteiger partial charge in [0.25, 0.3) is 0 Å². The Labute approximate surface area is 208 Å². The van der Waals surface area contributed by atoms with Crippen molar-refractivity contribution in [1.82, 2.24) is 10.6 Å². The Morgan fingerprint density at radius 3 is 2.37 bits per heavy atom. The molecule has 2 N–H and O–H groups in total. The number of nitrogens with one attached hydrogen (secondary N) is 2. The van der Waals surface area contributed by atoms with E-state index in [2.05, 4.69) is 10.6 Å². The first-order chi connectivity index (χ1) is 16.9. The van der Waals surface area contributed by atoms with Crippen molar-refractivity contribution in [3.63, 3.8) is 0 Å². The van der Waals surface area contributed by atoms with E-state index in [4.69, 9.17) is 25.8 Å². The van der Waals surface area contributed by atoms with Gasteiger partial charge in [0.2, 0.25) is 0 Å². The number of benzene rings is 3. The van der Waals surface area contributed by atoms with Crippen LogP contribution in [0.25, 0.3) is 0 Å². The lowest BCUT2D eigenvalue weighted by atomic mass is 9.95. The highest BCUT2D eigenvalue weighted by Gasteiger charge is 2.32. The number of carbonyl (C=O) groups excluding carboxylic acids is 2. The van der Waals surface area contributed by atoms with Gasteiger partial charge in [-0.25, -0.2) is 9.59 Å². The van der Waals surface area contributed by atoms with Crippen LogP contribution in [-0.2, 0) is 22.7 Å². The number of allylic oxidation sites excluding steroid dienone is 1. The lowest BCUT2D eigenvalue weighted by Crippen LogP contribution is -2.45. The topological polar surface area (TPSA) is 85.9 Å². The van der Waals surface area contributed by atoms with Crippen LogP contribution in [0.3, 0.4) is 0 Å². The van der Waals surface area contributed by atoms with Gasteiger partial charge >= 0.3 is 12.0 Å². The zero-order valence-corrected chi connectivity index (χ0v) is 20.1. The van der Waals surface area contributed by atoms with E-state index in [-0.39, 0.29) is 6.61 Å². The van der Waals surface area contributed by atoms with E-state index >= 15 is 0 Å². The molecule has 1 aliphatic rings. The fourth-order valence-corrected chi connectivity index (χ4v) is 3.87. The van der Waals surface area contributed by atoms with Gasteiger partial charge < -0.3 is 24.8 Å². The van der Waals surface area contributed by atoms with Crippen LogP contribution in [0, 0.1) is 0 Å². The minimum Gasteiger partial charge on any atom is -0.493 e. The van der Waals surface area contributed by atoms with E-state index in [0.29, 0.717) is 40.0 Å². The molecule has 0 bridgehead atoms. The Balaban J connectivity index is 1.54. The summed E-state index contributed by atoms with van der Waals surface area (Å²) in [5.74, 6) is 0.477. The average molecular weight is 493 g/mol. The van der Waals surface area contributed by atoms with E-state index < -0.39 is 18.0 Å². The standard InChI is InChI=1S/C27H25ClN2O5/c1-17-24(26(31)35-16-18-6-4-3-5-7-18)25(30-27(32)29-17)20-10-13-22(23(14-20)33-2)34-15-19-8-11-21(28)12-9-19/h3-14,25H,15-16H2,1-2H3,(H2,29,30,32). The molecular weight excluding hydrogens is 468 g/mol. The van der Waals surface area contributed by atoms with E-state index in [9.17, 15) is 9.59 Å². The van der Waals surface area contributed by atoms with Gasteiger partial charge in [-0.2, -0.15) is 0 Å². The molecule has 180 valence electrons. The summed E-state index contributed by atoms with van der Waals surface area (Å²) in [5.41, 5.74) is 3.22. The predicted octanol–water partition coefficient (Wildman–Crippen LogP) is 5.30. The molecule has 1 heterocycles. The van der Waals surface area contributed by atoms with E-state index in [1.807, 2.05) is 42.5 Å². The van der Waals surface area contributed by atoms with Crippen molar-refractivity contribution in [2.45, 2.75) is 26.2 Å². The molecule has 1 aliphatic heterocycles. The molecule has 3 aromatic carbocycles. The van der Waals surface area contributed by atoms with Crippen molar-refractivity contribution in [2.75, 3.05) is 7.11 Å². The summed E-state index contributed by atoms with van der Waals surface area (Å²) in [6.07, 6.45) is 0. The van der Waals surface area contributed by atoms with Gasteiger partial charge in [0.15, 0.2) is 11.5 Å². The van der Waals surface area contributed by atoms with Crippen molar-refractivity contribution < 1.29 is 23.8 Å². The SMILES string of the molecule is COc1cc(C2NC(=O)NC(C)=C2C(=O)OCc2ccccc2)ccc1OCc1ccc(Cl)cc1. The maximum atomic E-state index is 13.0. The number of halogens is 1. The highest BCUT2D eigenvalue weighted by atomic mass is 35.5. The zero-order chi connectivity index (χ0) is 24.8. The van der Waals surface area contributed by atoms with Crippen molar-refractivity contribution >= 4 is 23.6 Å². The number of ether oxygens (including phenoxy) is 3. The van der Waals surface area contributed by atoms with Crippen LogP contribution in [-0.4, -0.2) is 19.1 Å². The van der Waals surface area contributed by atoms with E-state index in [1.54, 1.807) is 37.3 Å². The summed E-state index contributed by atoms with van der Waals surface area (Å²) in [6, 6.07) is 20.9. The Kier molecular flexibility index (Phi) is 7.57. The summed E-state index contributed by atoms with van der Waals surface area (Å²) in [7, 11) is 1.53.